The molecule has 1 amide bonds. The van der Waals surface area contributed by atoms with Crippen LogP contribution in [0.3, 0.4) is 0 Å². The summed E-state index contributed by atoms with van der Waals surface area (Å²) in [7, 11) is 0. The summed E-state index contributed by atoms with van der Waals surface area (Å²) < 4.78 is 3.20. The van der Waals surface area contributed by atoms with Crippen LogP contribution in [0.5, 0.6) is 0 Å². The number of fused-ring (bicyclic) bond motifs is 2. The average Bonchev–Trinajstić information content (AvgIpc) is 2.73. The molecule has 146 valence electrons. The Bertz CT molecular complexity index is 1300. The Hall–Kier alpha value is -3.81. The molecule has 0 fully saturated rings. The van der Waals surface area contributed by atoms with Crippen LogP contribution in [0.25, 0.3) is 16.7 Å². The maximum absolute atomic E-state index is 13.1. The van der Waals surface area contributed by atoms with E-state index in [1.54, 1.807) is 29.2 Å². The van der Waals surface area contributed by atoms with E-state index in [4.69, 9.17) is 5.73 Å². The molecule has 0 aliphatic heterocycles. The summed E-state index contributed by atoms with van der Waals surface area (Å²) >= 11 is 0. The zero-order valence-corrected chi connectivity index (χ0v) is 16.3. The predicted molar refractivity (Wildman–Crippen MR) is 108 cm³/mol. The van der Waals surface area contributed by atoms with Crippen LogP contribution in [-0.4, -0.2) is 15.3 Å². The first-order chi connectivity index (χ1) is 14.0. The van der Waals surface area contributed by atoms with Crippen molar-refractivity contribution in [1.82, 2.24) is 14.7 Å². The lowest BCUT2D eigenvalue weighted by molar-refractivity contribution is -0.655. The fourth-order valence-electron chi connectivity index (χ4n) is 3.43. The van der Waals surface area contributed by atoms with Crippen LogP contribution in [0, 0.1) is 6.92 Å². The molecule has 8 heteroatoms. The molecule has 0 aromatic carbocycles. The van der Waals surface area contributed by atoms with Crippen molar-refractivity contribution in [2.24, 2.45) is 0 Å². The van der Waals surface area contributed by atoms with Crippen LogP contribution in [-0.2, 0) is 13.1 Å². The van der Waals surface area contributed by atoms with E-state index >= 15 is 0 Å². The highest BCUT2D eigenvalue weighted by Crippen LogP contribution is 2.16. The zero-order valence-electron chi connectivity index (χ0n) is 16.3. The molecule has 8 nitrogen and oxygen atoms in total. The minimum absolute atomic E-state index is 0.234. The van der Waals surface area contributed by atoms with Crippen molar-refractivity contribution in [2.45, 2.75) is 26.9 Å². The maximum atomic E-state index is 13.1. The minimum atomic E-state index is -0.343. The summed E-state index contributed by atoms with van der Waals surface area (Å²) in [5, 5.41) is 3.21. The predicted octanol–water partition coefficient (Wildman–Crippen LogP) is 0.790. The second-order valence-corrected chi connectivity index (χ2v) is 6.82. The number of amides is 1. The first-order valence-corrected chi connectivity index (χ1v) is 9.38. The highest BCUT2D eigenvalue weighted by atomic mass is 16.1. The van der Waals surface area contributed by atoms with E-state index < -0.39 is 0 Å². The second kappa shape index (κ2) is 7.31. The molecule has 29 heavy (non-hydrogen) atoms. The normalized spacial score (nSPS) is 11.1. The molecule has 0 saturated carbocycles. The zero-order chi connectivity index (χ0) is 20.5. The Labute approximate surface area is 166 Å². The summed E-state index contributed by atoms with van der Waals surface area (Å²) in [6.45, 7) is 4.62. The number of nitrogens with zero attached hydrogens (tertiary/aromatic N) is 3. The molecule has 4 aromatic heterocycles. The van der Waals surface area contributed by atoms with Crippen LogP contribution in [0.2, 0.25) is 0 Å². The van der Waals surface area contributed by atoms with Gasteiger partial charge in [0, 0.05) is 29.9 Å². The summed E-state index contributed by atoms with van der Waals surface area (Å²) in [5.41, 5.74) is 9.18. The van der Waals surface area contributed by atoms with Crippen LogP contribution in [0.4, 0.5) is 5.82 Å². The molecule has 0 unspecified atom stereocenters. The average molecular weight is 390 g/mol. The van der Waals surface area contributed by atoms with Crippen molar-refractivity contribution in [3.63, 3.8) is 0 Å². The molecule has 0 radical (unpaired) electrons. The molecule has 4 rings (SSSR count). The Morgan fingerprint density at radius 2 is 2.17 bits per heavy atom. The van der Waals surface area contributed by atoms with Crippen molar-refractivity contribution in [2.75, 3.05) is 5.73 Å². The van der Waals surface area contributed by atoms with Crippen molar-refractivity contribution in [3.05, 3.63) is 76.0 Å². The van der Waals surface area contributed by atoms with E-state index in [1.807, 2.05) is 32.0 Å². The van der Waals surface area contributed by atoms with E-state index in [2.05, 4.69) is 15.3 Å². The van der Waals surface area contributed by atoms with Crippen molar-refractivity contribution < 1.29 is 14.3 Å². The standard InChI is InChI=1S/C21H20N6O2/c1-3-26-17(22)15(20(28)24-12-14-7-4-8-23-11-14)10-16-19(26)25-18-13(2)6-5-9-27(18)21(16)29/h4-11,22H,3,12H2,1-2H3,(H,24,28)/p+2. The van der Waals surface area contributed by atoms with Gasteiger partial charge in [-0.25, -0.2) is 9.55 Å². The molecular formula is C21H22N6O2+2. The Morgan fingerprint density at radius 1 is 1.34 bits per heavy atom. The number of hydrogen-bond donors (Lipinski definition) is 2. The molecule has 4 N–H and O–H groups in total. The van der Waals surface area contributed by atoms with E-state index in [0.717, 1.165) is 11.1 Å². The van der Waals surface area contributed by atoms with Gasteiger partial charge in [-0.15, -0.1) is 0 Å². The highest BCUT2D eigenvalue weighted by molar-refractivity contribution is 6.00. The topological polar surface area (TPSA) is 108 Å². The van der Waals surface area contributed by atoms with Crippen LogP contribution < -0.4 is 26.2 Å². The lowest BCUT2D eigenvalue weighted by Gasteiger charge is -2.11. The number of rotatable bonds is 4. The summed E-state index contributed by atoms with van der Waals surface area (Å²) in [5.74, 6) is -0.0637. The molecule has 0 bridgehead atoms. The van der Waals surface area contributed by atoms with Gasteiger partial charge in [0.15, 0.2) is 12.4 Å². The van der Waals surface area contributed by atoms with Gasteiger partial charge in [0.25, 0.3) is 17.1 Å². The molecule has 0 aliphatic rings. The van der Waals surface area contributed by atoms with Crippen molar-refractivity contribution in [1.29, 1.82) is 0 Å². The number of carbonyl (C=O) groups is 1. The summed E-state index contributed by atoms with van der Waals surface area (Å²) in [4.78, 5) is 33.6. The molecule has 0 atom stereocenters. The SMILES string of the molecule is CC[n+]1c(N)c(C(=O)NCc2ccc[nH+]c2)cc2c(=O)n3cccc(C)c3nc21. The fourth-order valence-corrected chi connectivity index (χ4v) is 3.43. The van der Waals surface area contributed by atoms with Crippen LogP contribution in [0.15, 0.2) is 53.7 Å². The lowest BCUT2D eigenvalue weighted by atomic mass is 10.1. The fraction of sp³-hybridized carbons (Fsp3) is 0.190. The monoisotopic (exact) mass is 390 g/mol. The molecule has 0 saturated heterocycles. The number of aryl methyl sites for hydroxylation is 2. The van der Waals surface area contributed by atoms with E-state index in [-0.39, 0.29) is 22.8 Å². The van der Waals surface area contributed by atoms with E-state index in [0.29, 0.717) is 29.8 Å². The largest absolute Gasteiger partial charge is 0.348 e. The van der Waals surface area contributed by atoms with Gasteiger partial charge in [0.1, 0.15) is 10.9 Å². The minimum Gasteiger partial charge on any atom is -0.348 e. The van der Waals surface area contributed by atoms with Crippen molar-refractivity contribution in [3.8, 4) is 0 Å². The number of aromatic nitrogens is 4. The second-order valence-electron chi connectivity index (χ2n) is 6.82. The number of nitrogens with two attached hydrogens (primary N) is 1. The van der Waals surface area contributed by atoms with Gasteiger partial charge in [0.2, 0.25) is 11.5 Å². The summed E-state index contributed by atoms with van der Waals surface area (Å²) in [6.07, 6.45) is 5.28. The van der Waals surface area contributed by atoms with Gasteiger partial charge in [-0.05, 0) is 32.0 Å². The van der Waals surface area contributed by atoms with Gasteiger partial charge < -0.3 is 11.1 Å². The number of nitrogen functional groups attached to an aromatic ring is 1. The highest BCUT2D eigenvalue weighted by Gasteiger charge is 2.24. The third-order valence-electron chi connectivity index (χ3n) is 4.96. The third kappa shape index (κ3) is 3.18. The first kappa shape index (κ1) is 18.5. The lowest BCUT2D eigenvalue weighted by Crippen LogP contribution is -2.42. The maximum Gasteiger partial charge on any atom is 0.278 e. The number of hydrogen-bond acceptors (Lipinski definition) is 4. The van der Waals surface area contributed by atoms with Crippen LogP contribution in [0.1, 0.15) is 28.4 Å². The van der Waals surface area contributed by atoms with Crippen molar-refractivity contribution >= 4 is 28.4 Å². The molecule has 4 heterocycles. The van der Waals surface area contributed by atoms with Gasteiger partial charge in [-0.1, -0.05) is 11.1 Å². The van der Waals surface area contributed by atoms with Gasteiger partial charge in [-0.3, -0.25) is 14.0 Å². The molecule has 0 aliphatic carbocycles. The number of pyridine rings is 3. The van der Waals surface area contributed by atoms with Crippen LogP contribution >= 0.6 is 0 Å². The van der Waals surface area contributed by atoms with Gasteiger partial charge in [-0.2, -0.15) is 0 Å². The Kier molecular flexibility index (Phi) is 4.67. The number of H-pyrrole nitrogens is 1. The molecule has 4 aromatic rings. The van der Waals surface area contributed by atoms with E-state index in [1.165, 1.54) is 10.5 Å². The molecular weight excluding hydrogens is 368 g/mol. The number of carbonyl (C=O) groups excluding carboxylic acids is 1. The molecule has 0 spiro atoms. The Balaban J connectivity index is 1.86. The van der Waals surface area contributed by atoms with Gasteiger partial charge in [0.05, 0.1) is 6.54 Å². The number of nitrogens with one attached hydrogen (secondary N) is 2. The first-order valence-electron chi connectivity index (χ1n) is 9.38. The smallest absolute Gasteiger partial charge is 0.278 e. The van der Waals surface area contributed by atoms with E-state index in [9.17, 15) is 9.59 Å². The third-order valence-corrected chi connectivity index (χ3v) is 4.96. The van der Waals surface area contributed by atoms with Gasteiger partial charge >= 0.3 is 0 Å². The Morgan fingerprint density at radius 3 is 2.90 bits per heavy atom. The number of aromatic amines is 1. The quantitative estimate of drug-likeness (QED) is 0.397. The number of anilines is 1. The summed E-state index contributed by atoms with van der Waals surface area (Å²) in [6, 6.07) is 8.99.